The van der Waals surface area contributed by atoms with Crippen molar-refractivity contribution in [2.45, 2.75) is 75.3 Å². The van der Waals surface area contributed by atoms with E-state index in [4.69, 9.17) is 0 Å². The molecule has 0 fully saturated rings. The quantitative estimate of drug-likeness (QED) is 0.522. The summed E-state index contributed by atoms with van der Waals surface area (Å²) in [6, 6.07) is 5.72. The summed E-state index contributed by atoms with van der Waals surface area (Å²) in [6.07, 6.45) is 5.60. The Morgan fingerprint density at radius 2 is 1.31 bits per heavy atom. The molecule has 0 amide bonds. The summed E-state index contributed by atoms with van der Waals surface area (Å²) in [5.74, 6) is 0.337. The van der Waals surface area contributed by atoms with Crippen molar-refractivity contribution >= 4 is 11.6 Å². The Balaban J connectivity index is 0.000000419. The minimum atomic E-state index is -0.0452. The SMILES string of the molecule is C/C=C(\C)C(C)=O.CC(=O)C(C)[n+]1ccccc1.Cc1nc(C)c(C)c(C)c1C. The fraction of sp³-hybridized carbons (Fsp3) is 0.440. The van der Waals surface area contributed by atoms with E-state index in [9.17, 15) is 9.59 Å². The molecule has 0 aromatic carbocycles. The van der Waals surface area contributed by atoms with Gasteiger partial charge in [0.05, 0.1) is 0 Å². The molecule has 0 bridgehead atoms. The van der Waals surface area contributed by atoms with Gasteiger partial charge in [0.25, 0.3) is 0 Å². The van der Waals surface area contributed by atoms with E-state index in [0.717, 1.165) is 17.0 Å². The van der Waals surface area contributed by atoms with Crippen LogP contribution in [0, 0.1) is 34.6 Å². The molecule has 0 saturated carbocycles. The van der Waals surface area contributed by atoms with Gasteiger partial charge < -0.3 is 0 Å². The van der Waals surface area contributed by atoms with E-state index in [1.807, 2.05) is 62.0 Å². The second-order valence-corrected chi connectivity index (χ2v) is 7.29. The van der Waals surface area contributed by atoms with Crippen molar-refractivity contribution in [2.75, 3.05) is 0 Å². The zero-order valence-corrected chi connectivity index (χ0v) is 19.8. The summed E-state index contributed by atoms with van der Waals surface area (Å²) >= 11 is 0. The Morgan fingerprint density at radius 3 is 1.62 bits per heavy atom. The molecule has 0 aliphatic carbocycles. The third-order valence-corrected chi connectivity index (χ3v) is 5.31. The number of rotatable bonds is 3. The molecule has 4 heteroatoms. The molecule has 1 unspecified atom stereocenters. The summed E-state index contributed by atoms with van der Waals surface area (Å²) in [4.78, 5) is 25.7. The Morgan fingerprint density at radius 1 is 0.862 bits per heavy atom. The lowest BCUT2D eigenvalue weighted by atomic mass is 10.0. The van der Waals surface area contributed by atoms with Crippen LogP contribution in [-0.4, -0.2) is 16.6 Å². The van der Waals surface area contributed by atoms with Crippen LogP contribution < -0.4 is 4.57 Å². The second-order valence-electron chi connectivity index (χ2n) is 7.29. The number of hydrogen-bond donors (Lipinski definition) is 0. The fourth-order valence-electron chi connectivity index (χ4n) is 2.33. The molecule has 2 aromatic heterocycles. The van der Waals surface area contributed by atoms with E-state index in [-0.39, 0.29) is 17.6 Å². The van der Waals surface area contributed by atoms with Gasteiger partial charge in [-0.2, -0.15) is 4.57 Å². The molecule has 2 aromatic rings. The summed E-state index contributed by atoms with van der Waals surface area (Å²) in [5, 5.41) is 0. The minimum absolute atomic E-state index is 0.0452. The molecule has 0 spiro atoms. The third kappa shape index (κ3) is 8.95. The molecule has 0 radical (unpaired) electrons. The molecule has 0 aliphatic heterocycles. The van der Waals surface area contributed by atoms with E-state index < -0.39 is 0 Å². The van der Waals surface area contributed by atoms with Crippen molar-refractivity contribution in [1.82, 2.24) is 4.98 Å². The Labute approximate surface area is 176 Å². The van der Waals surface area contributed by atoms with E-state index in [0.29, 0.717) is 0 Å². The number of pyridine rings is 2. The monoisotopic (exact) mass is 397 g/mol. The molecular weight excluding hydrogens is 360 g/mol. The van der Waals surface area contributed by atoms with E-state index >= 15 is 0 Å². The number of carbonyl (C=O) groups excluding carboxylic acids is 2. The Kier molecular flexibility index (Phi) is 11.6. The largest absolute Gasteiger partial charge is 0.295 e. The molecule has 2 rings (SSSR count). The Hall–Kier alpha value is -2.62. The molecule has 2 heterocycles. The van der Waals surface area contributed by atoms with Crippen LogP contribution in [0.2, 0.25) is 0 Å². The average molecular weight is 398 g/mol. The Bertz CT molecular complexity index is 827. The molecule has 4 nitrogen and oxygen atoms in total. The highest BCUT2D eigenvalue weighted by Gasteiger charge is 2.15. The first-order valence-corrected chi connectivity index (χ1v) is 9.95. The summed E-state index contributed by atoms with van der Waals surface area (Å²) < 4.78 is 1.89. The van der Waals surface area contributed by atoms with Crippen LogP contribution in [-0.2, 0) is 9.59 Å². The van der Waals surface area contributed by atoms with E-state index in [2.05, 4.69) is 39.6 Å². The van der Waals surface area contributed by atoms with Gasteiger partial charge in [-0.1, -0.05) is 12.1 Å². The molecule has 1 atom stereocenters. The molecule has 0 saturated heterocycles. The van der Waals surface area contributed by atoms with Gasteiger partial charge >= 0.3 is 0 Å². The highest BCUT2D eigenvalue weighted by Crippen LogP contribution is 2.16. The first-order valence-electron chi connectivity index (χ1n) is 9.95. The maximum atomic E-state index is 10.9. The van der Waals surface area contributed by atoms with Gasteiger partial charge in [0, 0.05) is 37.4 Å². The van der Waals surface area contributed by atoms with Crippen molar-refractivity contribution in [3.05, 3.63) is 70.3 Å². The maximum absolute atomic E-state index is 10.9. The minimum Gasteiger partial charge on any atom is -0.295 e. The lowest BCUT2D eigenvalue weighted by molar-refractivity contribution is -0.705. The predicted octanol–water partition coefficient (Wildman–Crippen LogP) is 5.29. The normalized spacial score (nSPS) is 11.4. The number of carbonyl (C=O) groups is 2. The second kappa shape index (κ2) is 12.8. The maximum Gasteiger partial charge on any atom is 0.212 e. The lowest BCUT2D eigenvalue weighted by Crippen LogP contribution is -2.40. The van der Waals surface area contributed by atoms with Crippen molar-refractivity contribution in [2.24, 2.45) is 0 Å². The zero-order chi connectivity index (χ0) is 22.7. The molecule has 0 aliphatic rings. The van der Waals surface area contributed by atoms with Crippen molar-refractivity contribution in [3.63, 3.8) is 0 Å². The van der Waals surface area contributed by atoms with Crippen LogP contribution in [0.25, 0.3) is 0 Å². The van der Waals surface area contributed by atoms with Crippen molar-refractivity contribution in [3.8, 4) is 0 Å². The number of nitrogens with zero attached hydrogens (tertiary/aromatic N) is 2. The number of allylic oxidation sites excluding steroid dienone is 2. The first kappa shape index (κ1) is 26.4. The smallest absolute Gasteiger partial charge is 0.212 e. The average Bonchev–Trinajstić information content (AvgIpc) is 2.71. The van der Waals surface area contributed by atoms with Crippen molar-refractivity contribution in [1.29, 1.82) is 0 Å². The van der Waals surface area contributed by atoms with Crippen LogP contribution in [0.3, 0.4) is 0 Å². The van der Waals surface area contributed by atoms with Crippen LogP contribution in [0.4, 0.5) is 0 Å². The molecule has 0 N–H and O–H groups in total. The highest BCUT2D eigenvalue weighted by molar-refractivity contribution is 5.92. The number of hydrogen-bond acceptors (Lipinski definition) is 3. The van der Waals surface area contributed by atoms with Crippen LogP contribution in [0.15, 0.2) is 42.2 Å². The number of ketones is 2. The topological polar surface area (TPSA) is 50.9 Å². The number of aryl methyl sites for hydroxylation is 2. The summed E-state index contributed by atoms with van der Waals surface area (Å²) in [5.41, 5.74) is 7.19. The van der Waals surface area contributed by atoms with E-state index in [1.165, 1.54) is 16.7 Å². The fourth-order valence-corrected chi connectivity index (χ4v) is 2.33. The van der Waals surface area contributed by atoms with Crippen LogP contribution in [0.5, 0.6) is 0 Å². The van der Waals surface area contributed by atoms with Crippen LogP contribution in [0.1, 0.15) is 68.7 Å². The van der Waals surface area contributed by atoms with Crippen molar-refractivity contribution < 1.29 is 14.2 Å². The van der Waals surface area contributed by atoms with E-state index in [1.54, 1.807) is 13.8 Å². The molecule has 29 heavy (non-hydrogen) atoms. The summed E-state index contributed by atoms with van der Waals surface area (Å²) in [6.45, 7) is 19.3. The number of aromatic nitrogens is 2. The molecular formula is C25H37N2O2+. The lowest BCUT2D eigenvalue weighted by Gasteiger charge is -2.09. The van der Waals surface area contributed by atoms with Gasteiger partial charge in [0.1, 0.15) is 0 Å². The van der Waals surface area contributed by atoms with Gasteiger partial charge in [0.15, 0.2) is 24.0 Å². The zero-order valence-electron chi connectivity index (χ0n) is 19.8. The van der Waals surface area contributed by atoms with Crippen LogP contribution >= 0.6 is 0 Å². The summed E-state index contributed by atoms with van der Waals surface area (Å²) in [7, 11) is 0. The first-order chi connectivity index (χ1) is 13.4. The molecule has 158 valence electrons. The highest BCUT2D eigenvalue weighted by atomic mass is 16.1. The third-order valence-electron chi connectivity index (χ3n) is 5.31. The standard InChI is InChI=1S/C10H15N.C9H12NO.C6H10O/c1-6-7(2)9(4)11-10(5)8(6)3;1-8(9(2)11)10-6-4-3-5-7-10;1-4-5(2)6(3)7/h1-5H3;3-8H,1-2H3;4H,1-3H3/q;+1;/b;;5-4+. The van der Waals surface area contributed by atoms with Gasteiger partial charge in [-0.25, -0.2) is 0 Å². The van der Waals surface area contributed by atoms with Gasteiger partial charge in [-0.05, 0) is 77.7 Å². The van der Waals surface area contributed by atoms with Gasteiger partial charge in [-0.15, -0.1) is 0 Å². The van der Waals surface area contributed by atoms with Gasteiger partial charge in [-0.3, -0.25) is 14.6 Å². The number of Topliss-reactive ketones (excluding diaryl/α,β-unsaturated/α-hetero) is 2. The van der Waals surface area contributed by atoms with Gasteiger partial charge in [0.2, 0.25) is 6.04 Å². The predicted molar refractivity (Wildman–Crippen MR) is 120 cm³/mol.